The van der Waals surface area contributed by atoms with Gasteiger partial charge in [-0.05, 0) is 163 Å². The number of nitrogens with zero attached hydrogens (tertiary/aromatic N) is 4. The maximum Gasteiger partial charge on any atom is 0.221 e. The van der Waals surface area contributed by atoms with Crippen molar-refractivity contribution in [3.05, 3.63) is 262 Å². The molecule has 4 aliphatic rings. The van der Waals surface area contributed by atoms with Crippen molar-refractivity contribution in [2.24, 2.45) is 5.92 Å². The molecule has 4 heteroatoms. The highest BCUT2D eigenvalue weighted by atomic mass is 15.0. The summed E-state index contributed by atoms with van der Waals surface area (Å²) in [4.78, 5) is 0. The highest BCUT2D eigenvalue weighted by Gasteiger charge is 2.33. The average Bonchev–Trinajstić information content (AvgIpc) is 4.42. The van der Waals surface area contributed by atoms with Crippen molar-refractivity contribution in [1.29, 1.82) is 0 Å². The summed E-state index contributed by atoms with van der Waals surface area (Å²) in [5.41, 5.74) is 28.0. The van der Waals surface area contributed by atoms with Crippen LogP contribution in [-0.4, -0.2) is 0 Å². The van der Waals surface area contributed by atoms with Gasteiger partial charge in [0.1, 0.15) is 0 Å². The van der Waals surface area contributed by atoms with E-state index in [1.807, 2.05) is 0 Å². The molecule has 0 saturated carbocycles. The smallest absolute Gasteiger partial charge is 0.193 e. The summed E-state index contributed by atoms with van der Waals surface area (Å²) in [6.07, 6.45) is 8.97. The number of benzene rings is 8. The zero-order valence-corrected chi connectivity index (χ0v) is 48.7. The first-order valence-electron chi connectivity index (χ1n) is 29.5. The van der Waals surface area contributed by atoms with Crippen LogP contribution in [0.1, 0.15) is 102 Å². The molecule has 0 aliphatic carbocycles. The Hall–Kier alpha value is -8.60. The molecule has 0 amide bonds. The molecule has 0 bridgehead atoms. The van der Waals surface area contributed by atoms with E-state index in [-0.39, 0.29) is 0 Å². The van der Waals surface area contributed by atoms with Crippen LogP contribution in [0.15, 0.2) is 201 Å². The number of aryl methyl sites for hydroxylation is 5. The van der Waals surface area contributed by atoms with E-state index >= 15 is 0 Å². The van der Waals surface area contributed by atoms with Crippen LogP contribution in [0.3, 0.4) is 0 Å². The zero-order chi connectivity index (χ0) is 55.6. The molecule has 4 aromatic heterocycles. The first-order chi connectivity index (χ1) is 39.4. The van der Waals surface area contributed by atoms with Crippen LogP contribution in [0.25, 0.3) is 88.2 Å². The summed E-state index contributed by atoms with van der Waals surface area (Å²) < 4.78 is 9.62. The molecular weight excluding hydrogens is 981 g/mol. The van der Waals surface area contributed by atoms with Gasteiger partial charge in [0.2, 0.25) is 28.3 Å². The SMILES string of the molecule is CCc1ccc2c(c1)C[n+]1ccc3ccccc3c1-2.Cc1c[n+]2c(c3ccccc13)-c1ccc(C(C)C)cc1C2.Cc1cc(C)c2c(c1)-c1ccc3ccc(CC(C)C)cc3[n+]1C2.Cc1ccc2c3[n+](ccc2c1)Cc1ccccc1-3. The number of hydrogen-bond donors (Lipinski definition) is 0. The predicted octanol–water partition coefficient (Wildman–Crippen LogP) is 16.7. The van der Waals surface area contributed by atoms with Gasteiger partial charge in [0.25, 0.3) is 0 Å². The van der Waals surface area contributed by atoms with Crippen LogP contribution in [0.4, 0.5) is 0 Å². The van der Waals surface area contributed by atoms with Crippen molar-refractivity contribution < 1.29 is 18.3 Å². The molecular formula is C77H74N4+4. The van der Waals surface area contributed by atoms with Crippen molar-refractivity contribution in [2.45, 2.75) is 107 Å². The Morgan fingerprint density at radius 2 is 1.05 bits per heavy atom. The molecule has 398 valence electrons. The lowest BCUT2D eigenvalue weighted by Crippen LogP contribution is -2.33. The van der Waals surface area contributed by atoms with Crippen LogP contribution in [0.5, 0.6) is 0 Å². The Morgan fingerprint density at radius 3 is 1.83 bits per heavy atom. The van der Waals surface area contributed by atoms with E-state index in [0.29, 0.717) is 11.8 Å². The summed E-state index contributed by atoms with van der Waals surface area (Å²) in [5, 5.41) is 9.43. The molecule has 0 N–H and O–H groups in total. The predicted molar refractivity (Wildman–Crippen MR) is 336 cm³/mol. The first kappa shape index (κ1) is 51.8. The molecule has 4 aliphatic heterocycles. The van der Waals surface area contributed by atoms with Crippen molar-refractivity contribution >= 4 is 43.2 Å². The first-order valence-corrected chi connectivity index (χ1v) is 29.5. The second kappa shape index (κ2) is 21.1. The minimum atomic E-state index is 0.586. The van der Waals surface area contributed by atoms with Crippen molar-refractivity contribution in [3.63, 3.8) is 0 Å². The zero-order valence-electron chi connectivity index (χ0n) is 48.7. The molecule has 0 spiro atoms. The van der Waals surface area contributed by atoms with Crippen LogP contribution in [0, 0.1) is 33.6 Å². The topological polar surface area (TPSA) is 15.5 Å². The highest BCUT2D eigenvalue weighted by molar-refractivity contribution is 5.97. The number of fused-ring (bicyclic) bond motifs is 20. The number of aromatic nitrogens is 4. The molecule has 0 saturated heterocycles. The van der Waals surface area contributed by atoms with Crippen molar-refractivity contribution in [2.75, 3.05) is 0 Å². The molecule has 0 unspecified atom stereocenters. The lowest BCUT2D eigenvalue weighted by atomic mass is 9.96. The largest absolute Gasteiger partial charge is 0.221 e. The Morgan fingerprint density at radius 1 is 0.420 bits per heavy atom. The molecule has 4 nitrogen and oxygen atoms in total. The summed E-state index contributed by atoms with van der Waals surface area (Å²) in [6.45, 7) is 24.1. The third-order valence-electron chi connectivity index (χ3n) is 17.5. The van der Waals surface area contributed by atoms with Gasteiger partial charge in [-0.2, -0.15) is 18.3 Å². The second-order valence-electron chi connectivity index (χ2n) is 24.1. The molecule has 8 aromatic carbocycles. The van der Waals surface area contributed by atoms with E-state index in [4.69, 9.17) is 0 Å². The summed E-state index contributed by atoms with van der Waals surface area (Å²) in [6, 6.07) is 67.3. The van der Waals surface area contributed by atoms with Crippen LogP contribution in [-0.2, 0) is 39.0 Å². The lowest BCUT2D eigenvalue weighted by molar-refractivity contribution is -0.671. The van der Waals surface area contributed by atoms with Crippen LogP contribution in [0.2, 0.25) is 0 Å². The molecule has 8 heterocycles. The summed E-state index contributed by atoms with van der Waals surface area (Å²) >= 11 is 0. The number of hydrogen-bond acceptors (Lipinski definition) is 0. The Labute approximate surface area is 478 Å². The molecule has 12 aromatic rings. The normalized spacial score (nSPS) is 12.6. The third-order valence-corrected chi connectivity index (χ3v) is 17.5. The van der Waals surface area contributed by atoms with E-state index < -0.39 is 0 Å². The van der Waals surface area contributed by atoms with E-state index in [1.54, 1.807) is 0 Å². The molecule has 0 radical (unpaired) electrons. The van der Waals surface area contributed by atoms with E-state index in [1.165, 1.54) is 149 Å². The summed E-state index contributed by atoms with van der Waals surface area (Å²) in [7, 11) is 0. The number of pyridine rings is 4. The van der Waals surface area contributed by atoms with Gasteiger partial charge in [0.15, 0.2) is 44.8 Å². The second-order valence-corrected chi connectivity index (χ2v) is 24.1. The third kappa shape index (κ3) is 9.59. The van der Waals surface area contributed by atoms with Crippen molar-refractivity contribution in [1.82, 2.24) is 0 Å². The van der Waals surface area contributed by atoms with Gasteiger partial charge >= 0.3 is 0 Å². The molecule has 0 atom stereocenters. The van der Waals surface area contributed by atoms with Gasteiger partial charge in [-0.1, -0.05) is 131 Å². The fourth-order valence-corrected chi connectivity index (χ4v) is 13.5. The Bertz CT molecular complexity index is 4480. The van der Waals surface area contributed by atoms with Gasteiger partial charge in [-0.15, -0.1) is 0 Å². The minimum Gasteiger partial charge on any atom is -0.193 e. The Balaban J connectivity index is 0.000000102. The Kier molecular flexibility index (Phi) is 13.5. The van der Waals surface area contributed by atoms with Gasteiger partial charge in [-0.25, -0.2) is 0 Å². The fraction of sp³-hybridized carbons (Fsp3) is 0.221. The van der Waals surface area contributed by atoms with Crippen LogP contribution < -0.4 is 18.3 Å². The molecule has 81 heavy (non-hydrogen) atoms. The number of rotatable bonds is 4. The highest BCUT2D eigenvalue weighted by Crippen LogP contribution is 2.38. The van der Waals surface area contributed by atoms with Gasteiger partial charge in [0.05, 0.1) is 38.4 Å². The molecule has 0 fully saturated rings. The fourth-order valence-electron chi connectivity index (χ4n) is 13.5. The van der Waals surface area contributed by atoms with Gasteiger partial charge in [0, 0.05) is 57.5 Å². The maximum atomic E-state index is 2.50. The van der Waals surface area contributed by atoms with Crippen LogP contribution >= 0.6 is 0 Å². The monoisotopic (exact) mass is 1050 g/mol. The maximum absolute atomic E-state index is 2.50. The summed E-state index contributed by atoms with van der Waals surface area (Å²) in [5.74, 6) is 1.28. The molecule has 16 rings (SSSR count). The van der Waals surface area contributed by atoms with E-state index in [2.05, 4.69) is 281 Å². The standard InChI is InChI=1S/C22H24N.C20H20N.C18H16N.C17H14N/c1-14(2)9-17-5-6-18-7-8-21-19-11-15(3)10-16(4)20(19)13-23(21)22(18)12-17;1-13(2)15-8-9-18-16(10-15)12-21-11-14(3)17-6-4-5-7-19(17)20(18)21;1-2-13-7-8-17-15(11-13)12-19-10-9-14-5-3-4-6-16(14)18(17)19;1-12-6-7-16-13(10-12)8-9-18-11-14-4-2-3-5-15(14)17(16)18/h5-8,10-12,14H,9,13H2,1-4H3;4-11,13H,12H2,1-3H3;3-11H,2,12H2,1H3;2-10H,11H2,1H3/q4*+1. The average molecular weight is 1060 g/mol. The minimum absolute atomic E-state index is 0.586. The van der Waals surface area contributed by atoms with Gasteiger partial charge < -0.3 is 0 Å². The lowest BCUT2D eigenvalue weighted by Gasteiger charge is -2.06. The van der Waals surface area contributed by atoms with Gasteiger partial charge in [-0.3, -0.25) is 0 Å². The van der Waals surface area contributed by atoms with E-state index in [0.717, 1.165) is 39.0 Å². The van der Waals surface area contributed by atoms with Crippen molar-refractivity contribution in [3.8, 4) is 45.0 Å². The van der Waals surface area contributed by atoms with E-state index in [9.17, 15) is 0 Å². The quantitative estimate of drug-likeness (QED) is 0.156.